The Morgan fingerprint density at radius 3 is 2.48 bits per heavy atom. The predicted molar refractivity (Wildman–Crippen MR) is 94.9 cm³/mol. The van der Waals surface area contributed by atoms with Gasteiger partial charge in [0.05, 0.1) is 18.7 Å². The van der Waals surface area contributed by atoms with E-state index in [4.69, 9.17) is 9.72 Å². The van der Waals surface area contributed by atoms with Gasteiger partial charge in [0.2, 0.25) is 0 Å². The maximum absolute atomic E-state index is 5.43. The van der Waals surface area contributed by atoms with Gasteiger partial charge in [0.1, 0.15) is 5.82 Å². The minimum Gasteiger partial charge on any atom is -0.378 e. The third-order valence-corrected chi connectivity index (χ3v) is 4.49. The summed E-state index contributed by atoms with van der Waals surface area (Å²) < 4.78 is 5.43. The minimum atomic E-state index is 0.781. The Morgan fingerprint density at radius 2 is 1.65 bits per heavy atom. The molecule has 1 aromatic heterocycles. The zero-order valence-electron chi connectivity index (χ0n) is 13.3. The van der Waals surface area contributed by atoms with Crippen LogP contribution >= 0.6 is 0 Å². The van der Waals surface area contributed by atoms with Crippen LogP contribution in [0.1, 0.15) is 5.56 Å². The molecule has 0 aliphatic carbocycles. The fourth-order valence-corrected chi connectivity index (χ4v) is 3.22. The van der Waals surface area contributed by atoms with Gasteiger partial charge in [-0.3, -0.25) is 0 Å². The highest BCUT2D eigenvalue weighted by atomic mass is 16.5. The summed E-state index contributed by atoms with van der Waals surface area (Å²) in [6.07, 6.45) is 0. The Labute approximate surface area is 136 Å². The van der Waals surface area contributed by atoms with Crippen LogP contribution in [0.15, 0.2) is 54.6 Å². The normalized spacial score (nSPS) is 15.1. The predicted octanol–water partition coefficient (Wildman–Crippen LogP) is 4.05. The average molecular weight is 304 g/mol. The highest BCUT2D eigenvalue weighted by Gasteiger charge is 2.14. The molecule has 0 amide bonds. The van der Waals surface area contributed by atoms with Crippen molar-refractivity contribution in [2.75, 3.05) is 31.2 Å². The second-order valence-electron chi connectivity index (χ2n) is 5.96. The molecule has 0 unspecified atom stereocenters. The molecule has 116 valence electrons. The number of hydrogen-bond acceptors (Lipinski definition) is 3. The third kappa shape index (κ3) is 2.68. The first kappa shape index (κ1) is 14.2. The van der Waals surface area contributed by atoms with Gasteiger partial charge in [0, 0.05) is 18.5 Å². The van der Waals surface area contributed by atoms with Crippen LogP contribution in [0.2, 0.25) is 0 Å². The van der Waals surface area contributed by atoms with Crippen molar-refractivity contribution in [1.29, 1.82) is 0 Å². The molecule has 1 aliphatic heterocycles. The first-order chi connectivity index (χ1) is 11.3. The van der Waals surface area contributed by atoms with E-state index in [2.05, 4.69) is 66.4 Å². The molecule has 3 aromatic rings. The fourth-order valence-electron chi connectivity index (χ4n) is 3.22. The van der Waals surface area contributed by atoms with E-state index in [9.17, 15) is 0 Å². The van der Waals surface area contributed by atoms with E-state index in [1.54, 1.807) is 0 Å². The average Bonchev–Trinajstić information content (AvgIpc) is 2.62. The molecule has 1 saturated heterocycles. The first-order valence-electron chi connectivity index (χ1n) is 8.11. The van der Waals surface area contributed by atoms with Crippen molar-refractivity contribution >= 4 is 16.7 Å². The summed E-state index contributed by atoms with van der Waals surface area (Å²) in [4.78, 5) is 7.18. The molecule has 1 fully saturated rings. The van der Waals surface area contributed by atoms with Gasteiger partial charge in [-0.15, -0.1) is 0 Å². The quantitative estimate of drug-likeness (QED) is 0.714. The number of aromatic nitrogens is 1. The molecular formula is C20H20N2O. The number of fused-ring (bicyclic) bond motifs is 1. The molecule has 2 heterocycles. The van der Waals surface area contributed by atoms with Crippen molar-refractivity contribution in [3.05, 3.63) is 60.2 Å². The number of benzene rings is 2. The van der Waals surface area contributed by atoms with E-state index in [1.807, 2.05) is 0 Å². The van der Waals surface area contributed by atoms with E-state index in [1.165, 1.54) is 22.1 Å². The van der Waals surface area contributed by atoms with Crippen LogP contribution in [0.3, 0.4) is 0 Å². The van der Waals surface area contributed by atoms with Crippen LogP contribution in [0, 0.1) is 6.92 Å². The lowest BCUT2D eigenvalue weighted by atomic mass is 9.97. The van der Waals surface area contributed by atoms with Gasteiger partial charge in [-0.2, -0.15) is 0 Å². The molecular weight excluding hydrogens is 284 g/mol. The Bertz CT molecular complexity index is 838. The standard InChI is InChI=1S/C20H20N2O/c1-15-5-2-3-6-16(15)17-7-4-8-19-18(17)9-10-20(21-19)22-11-13-23-14-12-22/h2-10H,11-14H2,1H3. The number of pyridine rings is 1. The number of aryl methyl sites for hydroxylation is 1. The molecule has 2 aromatic carbocycles. The zero-order valence-corrected chi connectivity index (χ0v) is 13.3. The smallest absolute Gasteiger partial charge is 0.129 e. The van der Waals surface area contributed by atoms with Gasteiger partial charge in [-0.05, 0) is 41.8 Å². The van der Waals surface area contributed by atoms with Crippen molar-refractivity contribution in [1.82, 2.24) is 4.98 Å². The lowest BCUT2D eigenvalue weighted by molar-refractivity contribution is 0.122. The Morgan fingerprint density at radius 1 is 0.870 bits per heavy atom. The molecule has 0 atom stereocenters. The molecule has 1 aliphatic rings. The van der Waals surface area contributed by atoms with Crippen molar-refractivity contribution in [2.24, 2.45) is 0 Å². The summed E-state index contributed by atoms with van der Waals surface area (Å²) in [5, 5.41) is 1.21. The van der Waals surface area contributed by atoms with Gasteiger partial charge in [0.15, 0.2) is 0 Å². The van der Waals surface area contributed by atoms with Gasteiger partial charge in [0.25, 0.3) is 0 Å². The highest BCUT2D eigenvalue weighted by molar-refractivity contribution is 5.96. The lowest BCUT2D eigenvalue weighted by Crippen LogP contribution is -2.36. The molecule has 0 bridgehead atoms. The summed E-state index contributed by atoms with van der Waals surface area (Å²) >= 11 is 0. The van der Waals surface area contributed by atoms with Crippen LogP contribution < -0.4 is 4.90 Å². The number of ether oxygens (including phenoxy) is 1. The summed E-state index contributed by atoms with van der Waals surface area (Å²) in [5.41, 5.74) is 4.87. The number of rotatable bonds is 2. The van der Waals surface area contributed by atoms with E-state index < -0.39 is 0 Å². The Kier molecular flexibility index (Phi) is 3.72. The summed E-state index contributed by atoms with van der Waals surface area (Å²) in [7, 11) is 0. The molecule has 3 heteroatoms. The van der Waals surface area contributed by atoms with Crippen LogP contribution in [0.4, 0.5) is 5.82 Å². The van der Waals surface area contributed by atoms with Crippen LogP contribution in [0.5, 0.6) is 0 Å². The van der Waals surface area contributed by atoms with E-state index in [0.29, 0.717) is 0 Å². The Balaban J connectivity index is 1.81. The Hall–Kier alpha value is -2.39. The fraction of sp³-hybridized carbons (Fsp3) is 0.250. The van der Waals surface area contributed by atoms with Gasteiger partial charge in [-0.1, -0.05) is 36.4 Å². The number of morpholine rings is 1. The highest BCUT2D eigenvalue weighted by Crippen LogP contribution is 2.31. The zero-order chi connectivity index (χ0) is 15.6. The monoisotopic (exact) mass is 304 g/mol. The summed E-state index contributed by atoms with van der Waals surface area (Å²) in [6.45, 7) is 5.54. The molecule has 0 radical (unpaired) electrons. The minimum absolute atomic E-state index is 0.781. The molecule has 0 spiro atoms. The van der Waals surface area contributed by atoms with Crippen molar-refractivity contribution in [3.63, 3.8) is 0 Å². The molecule has 0 saturated carbocycles. The second kappa shape index (κ2) is 6.01. The molecule has 23 heavy (non-hydrogen) atoms. The number of nitrogens with zero attached hydrogens (tertiary/aromatic N) is 2. The van der Waals surface area contributed by atoms with Crippen LogP contribution in [-0.2, 0) is 4.74 Å². The maximum atomic E-state index is 5.43. The maximum Gasteiger partial charge on any atom is 0.129 e. The van der Waals surface area contributed by atoms with Gasteiger partial charge < -0.3 is 9.64 Å². The second-order valence-corrected chi connectivity index (χ2v) is 5.96. The van der Waals surface area contributed by atoms with Crippen molar-refractivity contribution < 1.29 is 4.74 Å². The van der Waals surface area contributed by atoms with Gasteiger partial charge >= 0.3 is 0 Å². The largest absolute Gasteiger partial charge is 0.378 e. The first-order valence-corrected chi connectivity index (χ1v) is 8.11. The van der Waals surface area contributed by atoms with E-state index in [0.717, 1.165) is 37.6 Å². The summed E-state index contributed by atoms with van der Waals surface area (Å²) in [5.74, 6) is 1.04. The van der Waals surface area contributed by atoms with Crippen LogP contribution in [0.25, 0.3) is 22.0 Å². The molecule has 3 nitrogen and oxygen atoms in total. The number of hydrogen-bond donors (Lipinski definition) is 0. The number of anilines is 1. The van der Waals surface area contributed by atoms with Crippen LogP contribution in [-0.4, -0.2) is 31.3 Å². The van der Waals surface area contributed by atoms with E-state index >= 15 is 0 Å². The topological polar surface area (TPSA) is 25.4 Å². The lowest BCUT2D eigenvalue weighted by Gasteiger charge is -2.28. The van der Waals surface area contributed by atoms with Crippen molar-refractivity contribution in [3.8, 4) is 11.1 Å². The van der Waals surface area contributed by atoms with E-state index in [-0.39, 0.29) is 0 Å². The van der Waals surface area contributed by atoms with Crippen molar-refractivity contribution in [2.45, 2.75) is 6.92 Å². The third-order valence-electron chi connectivity index (χ3n) is 4.49. The molecule has 0 N–H and O–H groups in total. The SMILES string of the molecule is Cc1ccccc1-c1cccc2nc(N3CCOCC3)ccc12. The van der Waals surface area contributed by atoms with Gasteiger partial charge in [-0.25, -0.2) is 4.98 Å². The summed E-state index contributed by atoms with van der Waals surface area (Å²) in [6, 6.07) is 19.2. The molecule has 4 rings (SSSR count).